The molecule has 1 heterocycles. The normalized spacial score (nSPS) is 18.9. The molecule has 2 aromatic rings. The van der Waals surface area contributed by atoms with Gasteiger partial charge in [0.25, 0.3) is 0 Å². The van der Waals surface area contributed by atoms with Gasteiger partial charge in [0.1, 0.15) is 6.10 Å². The maximum atomic E-state index is 11.4. The van der Waals surface area contributed by atoms with E-state index in [-0.39, 0.29) is 18.2 Å². The van der Waals surface area contributed by atoms with E-state index in [1.165, 1.54) is 5.56 Å². The molecule has 0 bridgehead atoms. The molecule has 114 valence electrons. The number of rotatable bonds is 6. The van der Waals surface area contributed by atoms with E-state index in [9.17, 15) is 4.79 Å². The maximum Gasteiger partial charge on any atom is 0.306 e. The first kappa shape index (κ1) is 14.8. The lowest BCUT2D eigenvalue weighted by Gasteiger charge is -2.23. The Morgan fingerprint density at radius 1 is 1.00 bits per heavy atom. The topological polar surface area (TPSA) is 35.5 Å². The van der Waals surface area contributed by atoms with Crippen LogP contribution in [0, 0.1) is 0 Å². The highest BCUT2D eigenvalue weighted by atomic mass is 16.6. The summed E-state index contributed by atoms with van der Waals surface area (Å²) in [6, 6.07) is 20.3. The second kappa shape index (κ2) is 7.23. The third kappa shape index (κ3) is 3.95. The van der Waals surface area contributed by atoms with Gasteiger partial charge in [-0.15, -0.1) is 0 Å². The van der Waals surface area contributed by atoms with Gasteiger partial charge in [-0.05, 0) is 17.5 Å². The maximum absolute atomic E-state index is 11.4. The Kier molecular flexibility index (Phi) is 4.86. The molecule has 0 aliphatic carbocycles. The molecule has 0 aromatic heterocycles. The molecule has 1 unspecified atom stereocenters. The van der Waals surface area contributed by atoms with Crippen molar-refractivity contribution in [2.45, 2.75) is 38.1 Å². The molecule has 2 aromatic carbocycles. The Morgan fingerprint density at radius 2 is 1.64 bits per heavy atom. The zero-order chi connectivity index (χ0) is 15.2. The Hall–Kier alpha value is -2.13. The third-order valence-electron chi connectivity index (χ3n) is 3.92. The summed E-state index contributed by atoms with van der Waals surface area (Å²) < 4.78 is 11.5. The van der Waals surface area contributed by atoms with Crippen LogP contribution < -0.4 is 0 Å². The highest BCUT2D eigenvalue weighted by Crippen LogP contribution is 2.23. The first-order chi connectivity index (χ1) is 10.8. The van der Waals surface area contributed by atoms with E-state index in [2.05, 4.69) is 12.1 Å². The van der Waals surface area contributed by atoms with Crippen molar-refractivity contribution in [1.82, 2.24) is 0 Å². The van der Waals surface area contributed by atoms with E-state index >= 15 is 0 Å². The van der Waals surface area contributed by atoms with Crippen molar-refractivity contribution in [2.75, 3.05) is 0 Å². The van der Waals surface area contributed by atoms with Crippen LogP contribution in [0.3, 0.4) is 0 Å². The van der Waals surface area contributed by atoms with Crippen molar-refractivity contribution in [3.8, 4) is 0 Å². The number of carbonyl (C=O) groups is 1. The van der Waals surface area contributed by atoms with Gasteiger partial charge in [0, 0.05) is 12.8 Å². The molecule has 0 N–H and O–H groups in total. The fourth-order valence-electron chi connectivity index (χ4n) is 2.73. The second-order valence-corrected chi connectivity index (χ2v) is 5.59. The Labute approximate surface area is 130 Å². The first-order valence-corrected chi connectivity index (χ1v) is 7.70. The van der Waals surface area contributed by atoms with Gasteiger partial charge >= 0.3 is 5.97 Å². The predicted octanol–water partition coefficient (Wildman–Crippen LogP) is 3.52. The minimum atomic E-state index is -0.142. The summed E-state index contributed by atoms with van der Waals surface area (Å²) in [6.45, 7) is 0.534. The van der Waals surface area contributed by atoms with Crippen LogP contribution in [-0.4, -0.2) is 18.2 Å². The molecular formula is C19H20O3. The first-order valence-electron chi connectivity index (χ1n) is 7.70. The Balaban J connectivity index is 1.67. The van der Waals surface area contributed by atoms with E-state index in [4.69, 9.17) is 9.47 Å². The quantitative estimate of drug-likeness (QED) is 0.765. The summed E-state index contributed by atoms with van der Waals surface area (Å²) in [5, 5.41) is 0. The summed E-state index contributed by atoms with van der Waals surface area (Å²) in [7, 11) is 0. The number of esters is 1. The van der Waals surface area contributed by atoms with Crippen molar-refractivity contribution in [3.05, 3.63) is 71.8 Å². The third-order valence-corrected chi connectivity index (χ3v) is 3.92. The lowest BCUT2D eigenvalue weighted by molar-refractivity contribution is -0.147. The number of hydrogen-bond donors (Lipinski definition) is 0. The lowest BCUT2D eigenvalue weighted by Crippen LogP contribution is -2.31. The van der Waals surface area contributed by atoms with E-state index in [1.807, 2.05) is 48.5 Å². The largest absolute Gasteiger partial charge is 0.460 e. The van der Waals surface area contributed by atoms with Gasteiger partial charge in [0.15, 0.2) is 0 Å². The Morgan fingerprint density at radius 3 is 2.23 bits per heavy atom. The average molecular weight is 296 g/mol. The van der Waals surface area contributed by atoms with E-state index < -0.39 is 0 Å². The molecule has 1 aliphatic heterocycles. The SMILES string of the molecule is O=C1CC[C@@H](C(Cc2ccccc2)OCc2ccccc2)O1. The molecule has 2 atom stereocenters. The van der Waals surface area contributed by atoms with Crippen molar-refractivity contribution >= 4 is 5.97 Å². The van der Waals surface area contributed by atoms with Crippen LogP contribution in [0.2, 0.25) is 0 Å². The van der Waals surface area contributed by atoms with Crippen LogP contribution in [-0.2, 0) is 27.3 Å². The van der Waals surface area contributed by atoms with Crippen LogP contribution >= 0.6 is 0 Å². The summed E-state index contributed by atoms with van der Waals surface area (Å²) in [5.41, 5.74) is 2.33. The molecule has 0 amide bonds. The molecule has 0 saturated carbocycles. The predicted molar refractivity (Wildman–Crippen MR) is 84.3 cm³/mol. The van der Waals surface area contributed by atoms with Crippen LogP contribution in [0.5, 0.6) is 0 Å². The zero-order valence-corrected chi connectivity index (χ0v) is 12.5. The van der Waals surface area contributed by atoms with Gasteiger partial charge < -0.3 is 9.47 Å². The molecule has 3 nitrogen and oxygen atoms in total. The second-order valence-electron chi connectivity index (χ2n) is 5.59. The van der Waals surface area contributed by atoms with Gasteiger partial charge in [0.2, 0.25) is 0 Å². The fraction of sp³-hybridized carbons (Fsp3) is 0.316. The molecule has 1 aliphatic rings. The number of benzene rings is 2. The number of carbonyl (C=O) groups excluding carboxylic acids is 1. The summed E-state index contributed by atoms with van der Waals surface area (Å²) in [4.78, 5) is 11.4. The van der Waals surface area contributed by atoms with Crippen LogP contribution in [0.4, 0.5) is 0 Å². The van der Waals surface area contributed by atoms with Crippen LogP contribution in [0.15, 0.2) is 60.7 Å². The van der Waals surface area contributed by atoms with E-state index in [0.29, 0.717) is 13.0 Å². The van der Waals surface area contributed by atoms with Crippen molar-refractivity contribution in [2.24, 2.45) is 0 Å². The minimum absolute atomic E-state index is 0.103. The highest BCUT2D eigenvalue weighted by Gasteiger charge is 2.31. The smallest absolute Gasteiger partial charge is 0.306 e. The molecule has 3 rings (SSSR count). The van der Waals surface area contributed by atoms with Crippen molar-refractivity contribution in [3.63, 3.8) is 0 Å². The molecule has 0 spiro atoms. The summed E-state index contributed by atoms with van der Waals surface area (Å²) in [5.74, 6) is -0.119. The van der Waals surface area contributed by atoms with Gasteiger partial charge in [-0.2, -0.15) is 0 Å². The average Bonchev–Trinajstić information content (AvgIpc) is 3.00. The van der Waals surface area contributed by atoms with Gasteiger partial charge in [-0.25, -0.2) is 0 Å². The number of hydrogen-bond acceptors (Lipinski definition) is 3. The monoisotopic (exact) mass is 296 g/mol. The van der Waals surface area contributed by atoms with Crippen molar-refractivity contribution < 1.29 is 14.3 Å². The molecule has 22 heavy (non-hydrogen) atoms. The summed E-state index contributed by atoms with van der Waals surface area (Å²) in [6.07, 6.45) is 1.74. The van der Waals surface area contributed by atoms with E-state index in [1.54, 1.807) is 0 Å². The van der Waals surface area contributed by atoms with E-state index in [0.717, 1.165) is 18.4 Å². The lowest BCUT2D eigenvalue weighted by atomic mass is 10.0. The summed E-state index contributed by atoms with van der Waals surface area (Å²) >= 11 is 0. The van der Waals surface area contributed by atoms with Crippen LogP contribution in [0.25, 0.3) is 0 Å². The number of ether oxygens (including phenoxy) is 2. The van der Waals surface area contributed by atoms with Gasteiger partial charge in [-0.3, -0.25) is 4.79 Å². The standard InChI is InChI=1S/C19H20O3/c20-19-12-11-17(22-19)18(13-15-7-3-1-4-8-15)21-14-16-9-5-2-6-10-16/h1-10,17-18H,11-14H2/t17-,18?/m0/s1. The molecule has 3 heteroatoms. The minimum Gasteiger partial charge on any atom is -0.460 e. The number of cyclic esters (lactones) is 1. The van der Waals surface area contributed by atoms with Gasteiger partial charge in [-0.1, -0.05) is 60.7 Å². The fourth-order valence-corrected chi connectivity index (χ4v) is 2.73. The Bertz CT molecular complexity index is 595. The van der Waals surface area contributed by atoms with Crippen molar-refractivity contribution in [1.29, 1.82) is 0 Å². The molecular weight excluding hydrogens is 276 g/mol. The van der Waals surface area contributed by atoms with Gasteiger partial charge in [0.05, 0.1) is 12.7 Å². The molecule has 0 radical (unpaired) electrons. The highest BCUT2D eigenvalue weighted by molar-refractivity contribution is 5.71. The molecule has 1 fully saturated rings. The van der Waals surface area contributed by atoms with Crippen LogP contribution in [0.1, 0.15) is 24.0 Å². The molecule has 1 saturated heterocycles. The zero-order valence-electron chi connectivity index (χ0n) is 12.5.